The maximum Gasteiger partial charge on any atom is 0.312 e. The van der Waals surface area contributed by atoms with Crippen LogP contribution in [0.3, 0.4) is 0 Å². The zero-order valence-corrected chi connectivity index (χ0v) is 6.06. The van der Waals surface area contributed by atoms with E-state index in [1.54, 1.807) is 13.8 Å². The lowest BCUT2D eigenvalue weighted by Crippen LogP contribution is -2.54. The topological polar surface area (TPSA) is 105 Å². The second kappa shape index (κ2) is 2.55. The van der Waals surface area contributed by atoms with Crippen molar-refractivity contribution in [3.63, 3.8) is 0 Å². The van der Waals surface area contributed by atoms with Crippen molar-refractivity contribution in [3.8, 4) is 0 Å². The molecule has 2 amide bonds. The monoisotopic (exact) mass is 144 g/mol. The Morgan fingerprint density at radius 1 is 1.50 bits per heavy atom. The molecule has 0 aliphatic rings. The molecule has 0 atom stereocenters. The first kappa shape index (κ1) is 8.74. The zero-order chi connectivity index (χ0) is 8.36. The Kier molecular flexibility index (Phi) is 2.23. The Morgan fingerprint density at radius 3 is 2.00 bits per heavy atom. The van der Waals surface area contributed by atoms with E-state index in [1.165, 1.54) is 0 Å². The molecule has 0 aromatic rings. The molecule has 0 unspecified atom stereocenters. The fourth-order valence-electron chi connectivity index (χ4n) is 0.375. The van der Waals surface area contributed by atoms with E-state index in [0.717, 1.165) is 0 Å². The maximum absolute atomic E-state index is 10.3. The molecule has 5 nitrogen and oxygen atoms in total. The molecule has 6 N–H and O–H groups in total. The minimum Gasteiger partial charge on any atom is -0.386 e. The summed E-state index contributed by atoms with van der Waals surface area (Å²) < 4.78 is 0. The van der Waals surface area contributed by atoms with Gasteiger partial charge in [0.15, 0.2) is 0 Å². The second-order valence-corrected chi connectivity index (χ2v) is 2.53. The van der Waals surface area contributed by atoms with Gasteiger partial charge in [-0.3, -0.25) is 5.41 Å². The normalized spacial score (nSPS) is 10.6. The highest BCUT2D eigenvalue weighted by Crippen LogP contribution is 1.98. The predicted molar refractivity (Wildman–Crippen MR) is 38.7 cm³/mol. The minimum atomic E-state index is -0.841. The Morgan fingerprint density at radius 2 is 1.90 bits per heavy atom. The summed E-state index contributed by atoms with van der Waals surface area (Å²) >= 11 is 0. The fourth-order valence-corrected chi connectivity index (χ4v) is 0.375. The Bertz CT molecular complexity index is 163. The number of nitrogens with one attached hydrogen (secondary N) is 2. The summed E-state index contributed by atoms with van der Waals surface area (Å²) in [7, 11) is 0. The minimum absolute atomic E-state index is 0.119. The Labute approximate surface area is 59.3 Å². The lowest BCUT2D eigenvalue weighted by atomic mass is 10.1. The van der Waals surface area contributed by atoms with Gasteiger partial charge >= 0.3 is 6.03 Å². The molecule has 0 rings (SSSR count). The number of hydrogen-bond acceptors (Lipinski definition) is 2. The highest BCUT2D eigenvalue weighted by Gasteiger charge is 2.21. The van der Waals surface area contributed by atoms with Crippen LogP contribution in [0.2, 0.25) is 0 Å². The van der Waals surface area contributed by atoms with Crippen molar-refractivity contribution in [2.75, 3.05) is 0 Å². The van der Waals surface area contributed by atoms with Gasteiger partial charge in [-0.1, -0.05) is 0 Å². The van der Waals surface area contributed by atoms with E-state index in [4.69, 9.17) is 16.9 Å². The zero-order valence-electron chi connectivity index (χ0n) is 6.06. The quantitative estimate of drug-likeness (QED) is 0.306. The van der Waals surface area contributed by atoms with Gasteiger partial charge in [0.1, 0.15) is 5.84 Å². The van der Waals surface area contributed by atoms with Gasteiger partial charge < -0.3 is 16.8 Å². The van der Waals surface area contributed by atoms with E-state index >= 15 is 0 Å². The summed E-state index contributed by atoms with van der Waals surface area (Å²) in [6, 6.07) is -0.680. The molecule has 0 aliphatic heterocycles. The molecule has 0 radical (unpaired) electrons. The molecular formula is C5H12N4O. The number of rotatable bonds is 2. The van der Waals surface area contributed by atoms with E-state index in [1.807, 2.05) is 0 Å². The number of amides is 2. The van der Waals surface area contributed by atoms with Crippen LogP contribution in [0, 0.1) is 5.41 Å². The predicted octanol–water partition coefficient (Wildman–Crippen LogP) is -0.631. The highest BCUT2D eigenvalue weighted by molar-refractivity contribution is 5.90. The molecule has 0 saturated carbocycles. The molecule has 5 heteroatoms. The smallest absolute Gasteiger partial charge is 0.312 e. The molecule has 58 valence electrons. The van der Waals surface area contributed by atoms with Gasteiger partial charge in [-0.2, -0.15) is 0 Å². The molecule has 0 heterocycles. The number of hydrogen-bond donors (Lipinski definition) is 4. The largest absolute Gasteiger partial charge is 0.386 e. The van der Waals surface area contributed by atoms with E-state index in [0.29, 0.717) is 0 Å². The third-order valence-electron chi connectivity index (χ3n) is 1.11. The van der Waals surface area contributed by atoms with Gasteiger partial charge in [-0.25, -0.2) is 4.79 Å². The number of urea groups is 1. The van der Waals surface area contributed by atoms with Crippen LogP contribution in [0.4, 0.5) is 4.79 Å². The number of primary amides is 1. The standard InChI is InChI=1S/C5H12N4O/c1-5(2,3(6)7)9-4(8)10/h1-2H3,(H3,6,7)(H3,8,9,10). The van der Waals surface area contributed by atoms with E-state index in [2.05, 4.69) is 5.32 Å². The second-order valence-electron chi connectivity index (χ2n) is 2.53. The van der Waals surface area contributed by atoms with Crippen molar-refractivity contribution in [2.24, 2.45) is 11.5 Å². The van der Waals surface area contributed by atoms with Gasteiger partial charge in [0, 0.05) is 0 Å². The molecule has 0 saturated heterocycles. The number of nitrogens with two attached hydrogens (primary N) is 2. The summed E-state index contributed by atoms with van der Waals surface area (Å²) in [5.74, 6) is -0.119. The molecule has 0 aromatic heterocycles. The average molecular weight is 144 g/mol. The van der Waals surface area contributed by atoms with E-state index in [9.17, 15) is 4.79 Å². The molecule has 10 heavy (non-hydrogen) atoms. The Hall–Kier alpha value is -1.26. The van der Waals surface area contributed by atoms with E-state index in [-0.39, 0.29) is 5.84 Å². The SMILES string of the molecule is CC(C)(NC(N)=O)C(=N)N. The molecule has 0 spiro atoms. The van der Waals surface area contributed by atoms with Crippen molar-refractivity contribution in [3.05, 3.63) is 0 Å². The van der Waals surface area contributed by atoms with Crippen LogP contribution in [-0.4, -0.2) is 17.4 Å². The summed E-state index contributed by atoms with van der Waals surface area (Å²) in [5, 5.41) is 9.31. The summed E-state index contributed by atoms with van der Waals surface area (Å²) in [6.45, 7) is 3.19. The number of carbonyl (C=O) groups is 1. The van der Waals surface area contributed by atoms with Gasteiger partial charge in [0.05, 0.1) is 5.54 Å². The van der Waals surface area contributed by atoms with E-state index < -0.39 is 11.6 Å². The first-order valence-electron chi connectivity index (χ1n) is 2.78. The van der Waals surface area contributed by atoms with Crippen molar-refractivity contribution in [2.45, 2.75) is 19.4 Å². The molecule has 0 bridgehead atoms. The molecular weight excluding hydrogens is 132 g/mol. The third-order valence-corrected chi connectivity index (χ3v) is 1.11. The van der Waals surface area contributed by atoms with Gasteiger partial charge in [0.2, 0.25) is 0 Å². The maximum atomic E-state index is 10.3. The molecule has 0 aromatic carbocycles. The van der Waals surface area contributed by atoms with Crippen molar-refractivity contribution in [1.29, 1.82) is 5.41 Å². The third kappa shape index (κ3) is 2.34. The van der Waals surface area contributed by atoms with Crippen LogP contribution < -0.4 is 16.8 Å². The first-order valence-corrected chi connectivity index (χ1v) is 2.78. The van der Waals surface area contributed by atoms with Crippen LogP contribution in [0.25, 0.3) is 0 Å². The van der Waals surface area contributed by atoms with Crippen LogP contribution >= 0.6 is 0 Å². The van der Waals surface area contributed by atoms with Crippen LogP contribution in [0.5, 0.6) is 0 Å². The summed E-state index contributed by atoms with van der Waals surface area (Å²) in [4.78, 5) is 10.3. The summed E-state index contributed by atoms with van der Waals surface area (Å²) in [5.41, 5.74) is 9.10. The van der Waals surface area contributed by atoms with Crippen LogP contribution in [-0.2, 0) is 0 Å². The number of amidine groups is 1. The van der Waals surface area contributed by atoms with Gasteiger partial charge in [0.25, 0.3) is 0 Å². The lowest BCUT2D eigenvalue weighted by Gasteiger charge is -2.22. The van der Waals surface area contributed by atoms with Gasteiger partial charge in [-0.05, 0) is 13.8 Å². The fraction of sp³-hybridized carbons (Fsp3) is 0.600. The highest BCUT2D eigenvalue weighted by atomic mass is 16.2. The van der Waals surface area contributed by atoms with Crippen molar-refractivity contribution >= 4 is 11.9 Å². The van der Waals surface area contributed by atoms with Gasteiger partial charge in [-0.15, -0.1) is 0 Å². The van der Waals surface area contributed by atoms with Crippen molar-refractivity contribution < 1.29 is 4.79 Å². The first-order chi connectivity index (χ1) is 4.36. The molecule has 0 aliphatic carbocycles. The van der Waals surface area contributed by atoms with Crippen molar-refractivity contribution in [1.82, 2.24) is 5.32 Å². The van der Waals surface area contributed by atoms with Crippen LogP contribution in [0.15, 0.2) is 0 Å². The lowest BCUT2D eigenvalue weighted by molar-refractivity contribution is 0.244. The number of carbonyl (C=O) groups excluding carboxylic acids is 1. The van der Waals surface area contributed by atoms with Crippen LogP contribution in [0.1, 0.15) is 13.8 Å². The average Bonchev–Trinajstić information content (AvgIpc) is 1.60. The molecule has 0 fully saturated rings. The summed E-state index contributed by atoms with van der Waals surface area (Å²) in [6.07, 6.45) is 0. The Balaban J connectivity index is 4.13.